The highest BCUT2D eigenvalue weighted by Gasteiger charge is 2.26. The van der Waals surface area contributed by atoms with E-state index in [1.165, 1.54) is 11.8 Å². The summed E-state index contributed by atoms with van der Waals surface area (Å²) in [5.41, 5.74) is 0.946. The van der Waals surface area contributed by atoms with Gasteiger partial charge in [-0.05, 0) is 40.7 Å². The molecule has 0 fully saturated rings. The highest BCUT2D eigenvalue weighted by molar-refractivity contribution is 9.10. The van der Waals surface area contributed by atoms with Crippen molar-refractivity contribution in [3.63, 3.8) is 0 Å². The molecule has 0 radical (unpaired) electrons. The van der Waals surface area contributed by atoms with Gasteiger partial charge in [-0.2, -0.15) is 0 Å². The molecule has 2 rings (SSSR count). The van der Waals surface area contributed by atoms with Crippen LogP contribution in [0.15, 0.2) is 33.9 Å². The second-order valence-electron chi connectivity index (χ2n) is 6.14. The minimum atomic E-state index is -0.238. The van der Waals surface area contributed by atoms with E-state index in [0.29, 0.717) is 11.0 Å². The molecular weight excluding hydrogens is 388 g/mol. The largest absolute Gasteiger partial charge is 0.337 e. The van der Waals surface area contributed by atoms with Crippen molar-refractivity contribution < 1.29 is 4.79 Å². The third kappa shape index (κ3) is 4.39. The zero-order valence-electron chi connectivity index (χ0n) is 14.6. The van der Waals surface area contributed by atoms with Gasteiger partial charge in [0.05, 0.1) is 5.25 Å². The number of amides is 1. The summed E-state index contributed by atoms with van der Waals surface area (Å²) in [5.74, 6) is 0.798. The normalized spacial score (nSPS) is 12.7. The summed E-state index contributed by atoms with van der Waals surface area (Å²) in [6.07, 6.45) is 0. The lowest BCUT2D eigenvalue weighted by Gasteiger charge is -2.32. The van der Waals surface area contributed by atoms with Gasteiger partial charge in [0.2, 0.25) is 11.1 Å². The second-order valence-corrected chi connectivity index (χ2v) is 8.30. The van der Waals surface area contributed by atoms with E-state index in [4.69, 9.17) is 0 Å². The number of thioether (sulfide) groups is 1. The van der Waals surface area contributed by atoms with Crippen LogP contribution < -0.4 is 0 Å². The van der Waals surface area contributed by atoms with Gasteiger partial charge in [0.25, 0.3) is 0 Å². The third-order valence-corrected chi connectivity index (χ3v) is 5.23. The maximum atomic E-state index is 12.7. The molecule has 130 valence electrons. The van der Waals surface area contributed by atoms with Crippen molar-refractivity contribution in [2.75, 3.05) is 0 Å². The number of benzene rings is 1. The van der Waals surface area contributed by atoms with E-state index in [1.54, 1.807) is 0 Å². The topological polar surface area (TPSA) is 61.9 Å². The lowest BCUT2D eigenvalue weighted by atomic mass is 10.2. The Hall–Kier alpha value is -1.34. The van der Waals surface area contributed by atoms with Crippen LogP contribution in [-0.2, 0) is 4.79 Å². The van der Waals surface area contributed by atoms with Crippen molar-refractivity contribution in [2.45, 2.75) is 57.1 Å². The fraction of sp³-hybridized carbons (Fsp3) is 0.471. The number of rotatable bonds is 6. The van der Waals surface area contributed by atoms with E-state index < -0.39 is 0 Å². The molecule has 0 aliphatic heterocycles. The number of aromatic nitrogens is 3. The van der Waals surface area contributed by atoms with Crippen molar-refractivity contribution in [1.82, 2.24) is 20.1 Å². The van der Waals surface area contributed by atoms with Gasteiger partial charge in [-0.3, -0.25) is 9.89 Å². The summed E-state index contributed by atoms with van der Waals surface area (Å²) in [7, 11) is 0. The van der Waals surface area contributed by atoms with Crippen molar-refractivity contribution in [1.29, 1.82) is 0 Å². The van der Waals surface area contributed by atoms with Crippen molar-refractivity contribution in [2.24, 2.45) is 0 Å². The molecule has 0 saturated carbocycles. The number of nitrogens with one attached hydrogen (secondary N) is 1. The van der Waals surface area contributed by atoms with Crippen LogP contribution >= 0.6 is 27.7 Å². The number of carbonyl (C=O) groups is 1. The smallest absolute Gasteiger partial charge is 0.236 e. The summed E-state index contributed by atoms with van der Waals surface area (Å²) in [6, 6.07) is 8.16. The van der Waals surface area contributed by atoms with E-state index in [0.717, 1.165) is 10.0 Å². The number of hydrogen-bond donors (Lipinski definition) is 1. The molecule has 1 aromatic heterocycles. The Morgan fingerprint density at radius 2 is 1.79 bits per heavy atom. The molecule has 0 bridgehead atoms. The van der Waals surface area contributed by atoms with Crippen LogP contribution in [0.4, 0.5) is 0 Å². The SMILES string of the molecule is CC(C)N(C(=O)[C@@H](C)Sc1n[nH]c(-c2ccccc2Br)n1)C(C)C. The molecule has 0 spiro atoms. The molecule has 1 atom stereocenters. The minimum absolute atomic E-state index is 0.109. The lowest BCUT2D eigenvalue weighted by Crippen LogP contribution is -2.45. The van der Waals surface area contributed by atoms with Gasteiger partial charge >= 0.3 is 0 Å². The van der Waals surface area contributed by atoms with Crippen molar-refractivity contribution in [3.8, 4) is 11.4 Å². The van der Waals surface area contributed by atoms with Gasteiger partial charge in [0.1, 0.15) is 0 Å². The molecule has 0 aliphatic rings. The monoisotopic (exact) mass is 410 g/mol. The maximum absolute atomic E-state index is 12.7. The number of hydrogen-bond acceptors (Lipinski definition) is 4. The van der Waals surface area contributed by atoms with Crippen LogP contribution in [0.25, 0.3) is 11.4 Å². The zero-order chi connectivity index (χ0) is 17.9. The Morgan fingerprint density at radius 3 is 2.38 bits per heavy atom. The standard InChI is InChI=1S/C17H23BrN4OS/c1-10(2)22(11(3)4)16(23)12(5)24-17-19-15(20-21-17)13-8-6-7-9-14(13)18/h6-12H,1-5H3,(H,19,20,21)/t12-/m1/s1. The van der Waals surface area contributed by atoms with Gasteiger partial charge in [0, 0.05) is 22.1 Å². The molecular formula is C17H23BrN4OS. The first-order valence-electron chi connectivity index (χ1n) is 7.97. The molecule has 0 unspecified atom stereocenters. The summed E-state index contributed by atoms with van der Waals surface area (Å²) in [4.78, 5) is 19.1. The molecule has 1 heterocycles. The molecule has 0 aliphatic carbocycles. The molecule has 1 amide bonds. The van der Waals surface area contributed by atoms with Crippen LogP contribution in [0, 0.1) is 0 Å². The fourth-order valence-electron chi connectivity index (χ4n) is 2.60. The molecule has 2 aromatic rings. The second kappa shape index (κ2) is 8.16. The quantitative estimate of drug-likeness (QED) is 0.718. The molecule has 5 nitrogen and oxygen atoms in total. The molecule has 1 N–H and O–H groups in total. The summed E-state index contributed by atoms with van der Waals surface area (Å²) >= 11 is 4.89. The van der Waals surface area contributed by atoms with Crippen molar-refractivity contribution in [3.05, 3.63) is 28.7 Å². The van der Waals surface area contributed by atoms with Crippen LogP contribution in [0.3, 0.4) is 0 Å². The summed E-state index contributed by atoms with van der Waals surface area (Å²) in [5, 5.41) is 7.53. The Bertz CT molecular complexity index is 693. The van der Waals surface area contributed by atoms with E-state index in [9.17, 15) is 4.79 Å². The zero-order valence-corrected chi connectivity index (χ0v) is 17.0. The molecule has 1 aromatic carbocycles. The summed E-state index contributed by atoms with van der Waals surface area (Å²) < 4.78 is 0.951. The summed E-state index contributed by atoms with van der Waals surface area (Å²) in [6.45, 7) is 10.0. The average Bonchev–Trinajstić information content (AvgIpc) is 2.95. The Kier molecular flexibility index (Phi) is 6.46. The number of H-pyrrole nitrogens is 1. The van der Waals surface area contributed by atoms with E-state index >= 15 is 0 Å². The van der Waals surface area contributed by atoms with Gasteiger partial charge < -0.3 is 4.90 Å². The van der Waals surface area contributed by atoms with Crippen LogP contribution in [0.5, 0.6) is 0 Å². The highest BCUT2D eigenvalue weighted by Crippen LogP contribution is 2.28. The Labute approximate surface area is 155 Å². The predicted molar refractivity (Wildman–Crippen MR) is 102 cm³/mol. The van der Waals surface area contributed by atoms with E-state index in [-0.39, 0.29) is 23.2 Å². The first kappa shape index (κ1) is 19.0. The average molecular weight is 411 g/mol. The van der Waals surface area contributed by atoms with E-state index in [1.807, 2.05) is 63.8 Å². The Morgan fingerprint density at radius 1 is 1.17 bits per heavy atom. The van der Waals surface area contributed by atoms with E-state index in [2.05, 4.69) is 31.1 Å². The number of nitrogens with zero attached hydrogens (tertiary/aromatic N) is 3. The first-order chi connectivity index (χ1) is 11.3. The maximum Gasteiger partial charge on any atom is 0.236 e. The first-order valence-corrected chi connectivity index (χ1v) is 9.64. The number of halogens is 1. The number of aromatic amines is 1. The van der Waals surface area contributed by atoms with Gasteiger partial charge in [0.15, 0.2) is 5.82 Å². The number of carbonyl (C=O) groups excluding carboxylic acids is 1. The highest BCUT2D eigenvalue weighted by atomic mass is 79.9. The molecule has 24 heavy (non-hydrogen) atoms. The molecule has 0 saturated heterocycles. The van der Waals surface area contributed by atoms with Crippen LogP contribution in [0.2, 0.25) is 0 Å². The van der Waals surface area contributed by atoms with Crippen LogP contribution in [0.1, 0.15) is 34.6 Å². The van der Waals surface area contributed by atoms with Crippen molar-refractivity contribution >= 4 is 33.6 Å². The predicted octanol–water partition coefficient (Wildman–Crippen LogP) is 4.36. The van der Waals surface area contributed by atoms with Gasteiger partial charge in [-0.25, -0.2) is 4.98 Å². The third-order valence-electron chi connectivity index (χ3n) is 3.59. The van der Waals surface area contributed by atoms with Gasteiger partial charge in [-0.15, -0.1) is 5.10 Å². The lowest BCUT2D eigenvalue weighted by molar-refractivity contribution is -0.133. The minimum Gasteiger partial charge on any atom is -0.337 e. The molecule has 7 heteroatoms. The van der Waals surface area contributed by atoms with Gasteiger partial charge in [-0.1, -0.05) is 45.9 Å². The fourth-order valence-corrected chi connectivity index (χ4v) is 3.85. The van der Waals surface area contributed by atoms with Crippen LogP contribution in [-0.4, -0.2) is 43.3 Å². The Balaban J connectivity index is 2.12.